The topological polar surface area (TPSA) is 46.6 Å². The number of rotatable bonds is 6. The van der Waals surface area contributed by atoms with E-state index >= 15 is 0 Å². The monoisotopic (exact) mass is 285 g/mol. The van der Waals surface area contributed by atoms with Gasteiger partial charge in [0.1, 0.15) is 6.61 Å². The molecule has 1 rings (SSSR count). The molecule has 0 radical (unpaired) electrons. The number of hydrogen-bond donors (Lipinski definition) is 0. The molecule has 0 N–H and O–H groups in total. The Labute approximate surface area is 125 Å². The summed E-state index contributed by atoms with van der Waals surface area (Å²) >= 11 is 0. The van der Waals surface area contributed by atoms with Gasteiger partial charge in [0.05, 0.1) is 0 Å². The Bertz CT molecular complexity index is 552. The Morgan fingerprint density at radius 3 is 2.57 bits per heavy atom. The lowest BCUT2D eigenvalue weighted by Crippen LogP contribution is -2.29. The molecule has 0 bridgehead atoms. The van der Waals surface area contributed by atoms with E-state index < -0.39 is 0 Å². The summed E-state index contributed by atoms with van der Waals surface area (Å²) in [6, 6.07) is 9.71. The third-order valence-electron chi connectivity index (χ3n) is 2.61. The van der Waals surface area contributed by atoms with Gasteiger partial charge in [-0.3, -0.25) is 9.59 Å². The number of ether oxygens (including phenoxy) is 1. The van der Waals surface area contributed by atoms with E-state index in [1.54, 1.807) is 24.0 Å². The van der Waals surface area contributed by atoms with Gasteiger partial charge in [-0.2, -0.15) is 0 Å². The van der Waals surface area contributed by atoms with E-state index in [1.807, 2.05) is 30.3 Å². The van der Waals surface area contributed by atoms with Crippen molar-refractivity contribution in [1.82, 2.24) is 4.90 Å². The van der Waals surface area contributed by atoms with Gasteiger partial charge in [-0.25, -0.2) is 0 Å². The molecule has 1 aromatic rings. The Morgan fingerprint density at radius 2 is 1.95 bits per heavy atom. The zero-order valence-electron chi connectivity index (χ0n) is 12.3. The molecule has 1 amide bonds. The fourth-order valence-corrected chi connectivity index (χ4v) is 1.64. The lowest BCUT2D eigenvalue weighted by atomic mass is 10.2. The second kappa shape index (κ2) is 9.38. The van der Waals surface area contributed by atoms with Gasteiger partial charge in [0, 0.05) is 20.0 Å². The first-order valence-corrected chi connectivity index (χ1v) is 6.67. The molecule has 0 saturated carbocycles. The van der Waals surface area contributed by atoms with E-state index in [0.717, 1.165) is 5.56 Å². The molecule has 0 aliphatic carbocycles. The largest absolute Gasteiger partial charge is 0.462 e. The van der Waals surface area contributed by atoms with Gasteiger partial charge in [-0.05, 0) is 24.5 Å². The van der Waals surface area contributed by atoms with Gasteiger partial charge in [-0.1, -0.05) is 42.3 Å². The number of hydrogen-bond acceptors (Lipinski definition) is 3. The molecule has 0 unspecified atom stereocenters. The summed E-state index contributed by atoms with van der Waals surface area (Å²) in [6.07, 6.45) is 3.51. The molecule has 0 aromatic heterocycles. The molecular weight excluding hydrogens is 266 g/mol. The molecular formula is C17H19NO3. The maximum Gasteiger partial charge on any atom is 0.302 e. The molecule has 0 aliphatic rings. The van der Waals surface area contributed by atoms with Crippen LogP contribution in [0.2, 0.25) is 0 Å². The molecule has 110 valence electrons. The predicted octanol–water partition coefficient (Wildman–Crippen LogP) is 2.16. The van der Waals surface area contributed by atoms with Gasteiger partial charge in [0.25, 0.3) is 5.91 Å². The molecule has 1 aromatic carbocycles. The maximum absolute atomic E-state index is 12.0. The summed E-state index contributed by atoms with van der Waals surface area (Å²) in [5, 5.41) is 0. The standard InChI is InChI=1S/C17H19NO3/c1-3-9-17(20)18(12-7-8-13-21-15(2)19)14-16-10-5-4-6-11-16/h4-8,10-11H,12-14H2,1-2H3/b8-7-. The van der Waals surface area contributed by atoms with Crippen molar-refractivity contribution in [3.8, 4) is 11.8 Å². The minimum absolute atomic E-state index is 0.210. The van der Waals surface area contributed by atoms with Gasteiger partial charge in [0.15, 0.2) is 0 Å². The minimum Gasteiger partial charge on any atom is -0.462 e. The molecule has 0 fully saturated rings. The van der Waals surface area contributed by atoms with E-state index in [0.29, 0.717) is 13.1 Å². The van der Waals surface area contributed by atoms with Crippen LogP contribution in [0, 0.1) is 11.8 Å². The lowest BCUT2D eigenvalue weighted by Gasteiger charge is -2.18. The third kappa shape index (κ3) is 6.98. The van der Waals surface area contributed by atoms with E-state index in [9.17, 15) is 9.59 Å². The molecule has 0 heterocycles. The Kier molecular flexibility index (Phi) is 7.37. The highest BCUT2D eigenvalue weighted by Gasteiger charge is 2.09. The SMILES string of the molecule is CC#CC(=O)N(C/C=C\COC(C)=O)Cc1ccccc1. The van der Waals surface area contributed by atoms with Gasteiger partial charge in [-0.15, -0.1) is 0 Å². The van der Waals surface area contributed by atoms with Crippen molar-refractivity contribution in [2.75, 3.05) is 13.2 Å². The first kappa shape index (κ1) is 16.5. The Balaban J connectivity index is 2.62. The summed E-state index contributed by atoms with van der Waals surface area (Å²) < 4.78 is 4.79. The van der Waals surface area contributed by atoms with Crippen LogP contribution in [0.15, 0.2) is 42.5 Å². The van der Waals surface area contributed by atoms with Crippen molar-refractivity contribution in [1.29, 1.82) is 0 Å². The number of amides is 1. The summed E-state index contributed by atoms with van der Waals surface area (Å²) in [4.78, 5) is 24.2. The second-order valence-corrected chi connectivity index (χ2v) is 4.32. The normalized spacial score (nSPS) is 9.81. The number of carbonyl (C=O) groups excluding carboxylic acids is 2. The molecule has 0 aliphatic heterocycles. The van der Waals surface area contributed by atoms with Crippen molar-refractivity contribution in [2.24, 2.45) is 0 Å². The number of carbonyl (C=O) groups is 2. The molecule has 4 heteroatoms. The smallest absolute Gasteiger partial charge is 0.302 e. The summed E-state index contributed by atoms with van der Waals surface area (Å²) in [5.41, 5.74) is 1.04. The van der Waals surface area contributed by atoms with Gasteiger partial charge in [0.2, 0.25) is 0 Å². The van der Waals surface area contributed by atoms with E-state index in [2.05, 4.69) is 11.8 Å². The number of esters is 1. The summed E-state index contributed by atoms with van der Waals surface area (Å²) in [6.45, 7) is 4.11. The maximum atomic E-state index is 12.0. The quantitative estimate of drug-likeness (QED) is 0.457. The van der Waals surface area contributed by atoms with Crippen LogP contribution in [0.4, 0.5) is 0 Å². The lowest BCUT2D eigenvalue weighted by molar-refractivity contribution is -0.139. The van der Waals surface area contributed by atoms with Crippen molar-refractivity contribution in [2.45, 2.75) is 20.4 Å². The molecule has 4 nitrogen and oxygen atoms in total. The Hall–Kier alpha value is -2.54. The minimum atomic E-state index is -0.325. The number of benzene rings is 1. The number of nitrogens with zero attached hydrogens (tertiary/aromatic N) is 1. The molecule has 0 saturated heterocycles. The van der Waals surface area contributed by atoms with Crippen LogP contribution in [0.1, 0.15) is 19.4 Å². The van der Waals surface area contributed by atoms with Gasteiger partial charge < -0.3 is 9.64 Å². The fourth-order valence-electron chi connectivity index (χ4n) is 1.64. The summed E-state index contributed by atoms with van der Waals surface area (Å²) in [5.74, 6) is 4.61. The van der Waals surface area contributed by atoms with E-state index in [-0.39, 0.29) is 18.5 Å². The van der Waals surface area contributed by atoms with E-state index in [1.165, 1.54) is 6.92 Å². The first-order chi connectivity index (χ1) is 10.1. The van der Waals surface area contributed by atoms with Crippen LogP contribution in [0.25, 0.3) is 0 Å². The molecule has 0 atom stereocenters. The van der Waals surface area contributed by atoms with Crippen molar-refractivity contribution in [3.05, 3.63) is 48.0 Å². The average molecular weight is 285 g/mol. The van der Waals surface area contributed by atoms with Crippen LogP contribution in [-0.4, -0.2) is 29.9 Å². The zero-order valence-corrected chi connectivity index (χ0v) is 12.3. The van der Waals surface area contributed by atoms with Crippen LogP contribution in [-0.2, 0) is 20.9 Å². The molecule has 21 heavy (non-hydrogen) atoms. The first-order valence-electron chi connectivity index (χ1n) is 6.67. The van der Waals surface area contributed by atoms with E-state index in [4.69, 9.17) is 4.74 Å². The van der Waals surface area contributed by atoms with Crippen LogP contribution in [0.5, 0.6) is 0 Å². The highest BCUT2D eigenvalue weighted by atomic mass is 16.5. The highest BCUT2D eigenvalue weighted by Crippen LogP contribution is 2.04. The van der Waals surface area contributed by atoms with Crippen LogP contribution in [0.3, 0.4) is 0 Å². The summed E-state index contributed by atoms with van der Waals surface area (Å²) in [7, 11) is 0. The predicted molar refractivity (Wildman–Crippen MR) is 81.1 cm³/mol. The average Bonchev–Trinajstić information content (AvgIpc) is 2.46. The van der Waals surface area contributed by atoms with Crippen LogP contribution >= 0.6 is 0 Å². The highest BCUT2D eigenvalue weighted by molar-refractivity contribution is 5.93. The van der Waals surface area contributed by atoms with Crippen molar-refractivity contribution >= 4 is 11.9 Å². The third-order valence-corrected chi connectivity index (χ3v) is 2.61. The van der Waals surface area contributed by atoms with Crippen LogP contribution < -0.4 is 0 Å². The van der Waals surface area contributed by atoms with Gasteiger partial charge >= 0.3 is 5.97 Å². The molecule has 0 spiro atoms. The fraction of sp³-hybridized carbons (Fsp3) is 0.294. The Morgan fingerprint density at radius 1 is 1.24 bits per heavy atom. The second-order valence-electron chi connectivity index (χ2n) is 4.32. The zero-order chi connectivity index (χ0) is 15.5. The van der Waals surface area contributed by atoms with Crippen molar-refractivity contribution < 1.29 is 14.3 Å². The van der Waals surface area contributed by atoms with Crippen molar-refractivity contribution in [3.63, 3.8) is 0 Å².